The number of hydrogen-bond acceptors (Lipinski definition) is 1. The van der Waals surface area contributed by atoms with Crippen LogP contribution in [-0.4, -0.2) is 12.1 Å². The van der Waals surface area contributed by atoms with Gasteiger partial charge in [-0.25, -0.2) is 0 Å². The number of unbranched alkanes of at least 4 members (excludes halogenated alkanes) is 4. The maximum Gasteiger partial charge on any atom is 0.00695 e. The minimum absolute atomic E-state index is 0.702. The lowest BCUT2D eigenvalue weighted by molar-refractivity contribution is 0.368. The van der Waals surface area contributed by atoms with Crippen LogP contribution >= 0.6 is 0 Å². The van der Waals surface area contributed by atoms with Crippen LogP contribution in [-0.2, 0) is 0 Å². The average Bonchev–Trinajstić information content (AvgIpc) is 2.29. The summed E-state index contributed by atoms with van der Waals surface area (Å²) in [7, 11) is 0. The van der Waals surface area contributed by atoms with Crippen molar-refractivity contribution < 1.29 is 0 Å². The summed E-state index contributed by atoms with van der Waals surface area (Å²) < 4.78 is 0. The Morgan fingerprint density at radius 3 is 1.65 bits per heavy atom. The predicted octanol–water partition coefficient (Wildman–Crippen LogP) is 5.29. The Labute approximate surface area is 110 Å². The second-order valence-corrected chi connectivity index (χ2v) is 5.54. The van der Waals surface area contributed by atoms with Crippen LogP contribution in [0.2, 0.25) is 0 Å². The van der Waals surface area contributed by atoms with Crippen molar-refractivity contribution >= 4 is 0 Å². The van der Waals surface area contributed by atoms with Crippen LogP contribution in [0.15, 0.2) is 0 Å². The normalized spacial score (nSPS) is 13.2. The monoisotopic (exact) mass is 241 g/mol. The van der Waals surface area contributed by atoms with Crippen LogP contribution in [0.3, 0.4) is 0 Å². The van der Waals surface area contributed by atoms with Gasteiger partial charge in [0.1, 0.15) is 0 Å². The van der Waals surface area contributed by atoms with E-state index in [-0.39, 0.29) is 0 Å². The van der Waals surface area contributed by atoms with E-state index in [9.17, 15) is 0 Å². The van der Waals surface area contributed by atoms with Crippen molar-refractivity contribution in [3.63, 3.8) is 0 Å². The van der Waals surface area contributed by atoms with Gasteiger partial charge in [-0.05, 0) is 26.2 Å². The topological polar surface area (TPSA) is 12.0 Å². The largest absolute Gasteiger partial charge is 0.312 e. The molecule has 0 aromatic heterocycles. The van der Waals surface area contributed by atoms with E-state index in [4.69, 9.17) is 0 Å². The van der Waals surface area contributed by atoms with Gasteiger partial charge in [-0.1, -0.05) is 65.7 Å². The quantitative estimate of drug-likeness (QED) is 0.458. The molecule has 0 aliphatic heterocycles. The van der Waals surface area contributed by atoms with Crippen LogP contribution in [0.25, 0.3) is 0 Å². The molecule has 1 N–H and O–H groups in total. The molecule has 0 rings (SSSR count). The van der Waals surface area contributed by atoms with Crippen molar-refractivity contribution in [1.29, 1.82) is 0 Å². The molecule has 17 heavy (non-hydrogen) atoms. The van der Waals surface area contributed by atoms with Gasteiger partial charge in [0.05, 0.1) is 0 Å². The highest BCUT2D eigenvalue weighted by Crippen LogP contribution is 2.12. The zero-order valence-corrected chi connectivity index (χ0v) is 12.7. The third-order valence-electron chi connectivity index (χ3n) is 3.55. The highest BCUT2D eigenvalue weighted by atomic mass is 14.9. The van der Waals surface area contributed by atoms with E-state index in [1.54, 1.807) is 0 Å². The van der Waals surface area contributed by atoms with Crippen LogP contribution in [0.1, 0.15) is 91.9 Å². The summed E-state index contributed by atoms with van der Waals surface area (Å²) in [6.45, 7) is 9.20. The second-order valence-electron chi connectivity index (χ2n) is 5.54. The van der Waals surface area contributed by atoms with Gasteiger partial charge in [-0.2, -0.15) is 0 Å². The van der Waals surface area contributed by atoms with E-state index in [1.807, 2.05) is 0 Å². The second kappa shape index (κ2) is 12.4. The zero-order valence-electron chi connectivity index (χ0n) is 12.7. The van der Waals surface area contributed by atoms with Crippen LogP contribution in [0, 0.1) is 0 Å². The highest BCUT2D eigenvalue weighted by molar-refractivity contribution is 4.71. The summed E-state index contributed by atoms with van der Waals surface area (Å²) in [5.74, 6) is 0. The molecule has 0 saturated heterocycles. The molecule has 1 heteroatoms. The van der Waals surface area contributed by atoms with Crippen molar-refractivity contribution in [3.05, 3.63) is 0 Å². The minimum Gasteiger partial charge on any atom is -0.312 e. The molecule has 0 spiro atoms. The molecule has 0 aliphatic carbocycles. The molecule has 0 saturated carbocycles. The Kier molecular flexibility index (Phi) is 12.4. The molecule has 0 heterocycles. The molecule has 1 nitrogen and oxygen atoms in total. The third-order valence-corrected chi connectivity index (χ3v) is 3.55. The molecule has 0 bridgehead atoms. The average molecular weight is 241 g/mol. The molecular formula is C16H35N. The smallest absolute Gasteiger partial charge is 0.00695 e. The van der Waals surface area contributed by atoms with Gasteiger partial charge in [0.15, 0.2) is 0 Å². The zero-order chi connectivity index (χ0) is 12.9. The van der Waals surface area contributed by atoms with E-state index in [0.717, 1.165) is 6.04 Å². The lowest BCUT2D eigenvalue weighted by atomic mass is 10.0. The SMILES string of the molecule is CCCCCC(CCCCC)NC(C)CCC. The molecule has 0 aromatic carbocycles. The highest BCUT2D eigenvalue weighted by Gasteiger charge is 2.10. The maximum absolute atomic E-state index is 3.84. The lowest BCUT2D eigenvalue weighted by Crippen LogP contribution is -2.36. The fourth-order valence-corrected chi connectivity index (χ4v) is 2.51. The molecule has 0 amide bonds. The van der Waals surface area contributed by atoms with Crippen molar-refractivity contribution in [1.82, 2.24) is 5.32 Å². The van der Waals surface area contributed by atoms with Crippen molar-refractivity contribution in [2.45, 2.75) is 104 Å². The van der Waals surface area contributed by atoms with Gasteiger partial charge in [0, 0.05) is 12.1 Å². The van der Waals surface area contributed by atoms with Crippen LogP contribution < -0.4 is 5.32 Å². The summed E-state index contributed by atoms with van der Waals surface area (Å²) in [5.41, 5.74) is 0. The Balaban J connectivity index is 3.82. The fourth-order valence-electron chi connectivity index (χ4n) is 2.51. The predicted molar refractivity (Wildman–Crippen MR) is 79.6 cm³/mol. The fraction of sp³-hybridized carbons (Fsp3) is 1.00. The molecular weight excluding hydrogens is 206 g/mol. The molecule has 1 atom stereocenters. The van der Waals surface area contributed by atoms with Gasteiger partial charge in [0.2, 0.25) is 0 Å². The summed E-state index contributed by atoms with van der Waals surface area (Å²) in [6.07, 6.45) is 13.7. The van der Waals surface area contributed by atoms with Crippen molar-refractivity contribution in [2.75, 3.05) is 0 Å². The van der Waals surface area contributed by atoms with E-state index in [1.165, 1.54) is 64.2 Å². The molecule has 0 aliphatic rings. The standard InChI is InChI=1S/C16H35N/c1-5-8-10-13-16(14-11-9-6-2)17-15(4)12-7-3/h15-17H,5-14H2,1-4H3. The Morgan fingerprint density at radius 1 is 0.706 bits per heavy atom. The Bertz CT molecular complexity index is 134. The lowest BCUT2D eigenvalue weighted by Gasteiger charge is -2.23. The summed E-state index contributed by atoms with van der Waals surface area (Å²) >= 11 is 0. The van der Waals surface area contributed by atoms with Gasteiger partial charge in [0.25, 0.3) is 0 Å². The summed E-state index contributed by atoms with van der Waals surface area (Å²) in [5, 5.41) is 3.84. The summed E-state index contributed by atoms with van der Waals surface area (Å²) in [4.78, 5) is 0. The molecule has 0 fully saturated rings. The van der Waals surface area contributed by atoms with Crippen LogP contribution in [0.4, 0.5) is 0 Å². The molecule has 1 unspecified atom stereocenters. The van der Waals surface area contributed by atoms with Crippen molar-refractivity contribution in [2.24, 2.45) is 0 Å². The van der Waals surface area contributed by atoms with E-state index in [2.05, 4.69) is 33.0 Å². The van der Waals surface area contributed by atoms with Gasteiger partial charge < -0.3 is 5.32 Å². The minimum atomic E-state index is 0.702. The molecule has 0 radical (unpaired) electrons. The third kappa shape index (κ3) is 10.8. The van der Waals surface area contributed by atoms with Gasteiger partial charge >= 0.3 is 0 Å². The maximum atomic E-state index is 3.84. The van der Waals surface area contributed by atoms with Crippen LogP contribution in [0.5, 0.6) is 0 Å². The first-order valence-electron chi connectivity index (χ1n) is 8.00. The van der Waals surface area contributed by atoms with E-state index in [0.29, 0.717) is 6.04 Å². The Morgan fingerprint density at radius 2 is 1.24 bits per heavy atom. The van der Waals surface area contributed by atoms with Gasteiger partial charge in [-0.3, -0.25) is 0 Å². The first-order chi connectivity index (χ1) is 8.24. The van der Waals surface area contributed by atoms with E-state index >= 15 is 0 Å². The Hall–Kier alpha value is -0.0400. The first-order valence-corrected chi connectivity index (χ1v) is 8.00. The molecule has 0 aromatic rings. The number of hydrogen-bond donors (Lipinski definition) is 1. The first kappa shape index (κ1) is 17.0. The van der Waals surface area contributed by atoms with Crippen molar-refractivity contribution in [3.8, 4) is 0 Å². The number of nitrogens with one attached hydrogen (secondary N) is 1. The number of rotatable bonds is 12. The van der Waals surface area contributed by atoms with Gasteiger partial charge in [-0.15, -0.1) is 0 Å². The summed E-state index contributed by atoms with van der Waals surface area (Å²) in [6, 6.07) is 1.47. The van der Waals surface area contributed by atoms with E-state index < -0.39 is 0 Å². The molecule has 104 valence electrons.